The summed E-state index contributed by atoms with van der Waals surface area (Å²) < 4.78 is 0. The molecule has 0 atom stereocenters. The second-order valence-corrected chi connectivity index (χ2v) is 5.52. The van der Waals surface area contributed by atoms with Gasteiger partial charge in [0.2, 0.25) is 0 Å². The van der Waals surface area contributed by atoms with E-state index in [1.165, 1.54) is 10.9 Å². The molecule has 0 bridgehead atoms. The summed E-state index contributed by atoms with van der Waals surface area (Å²) in [6.07, 6.45) is 4.86. The molecule has 0 unspecified atom stereocenters. The minimum absolute atomic E-state index is 0.0109. The molecule has 0 saturated carbocycles. The Morgan fingerprint density at radius 1 is 1.00 bits per heavy atom. The number of amides is 1. The van der Waals surface area contributed by atoms with Crippen molar-refractivity contribution >= 4 is 28.5 Å². The lowest BCUT2D eigenvalue weighted by atomic mass is 9.94. The molecule has 2 aromatic carbocycles. The SMILES string of the molecule is O=C1NCCc2c[nH]c3cccc(c23)/C1=C/c1ccccc1. The second kappa shape index (κ2) is 5.19. The van der Waals surface area contributed by atoms with Crippen LogP contribution in [0.1, 0.15) is 16.7 Å². The van der Waals surface area contributed by atoms with Gasteiger partial charge in [-0.05, 0) is 35.3 Å². The molecule has 1 aromatic heterocycles. The molecule has 0 saturated heterocycles. The Morgan fingerprint density at radius 2 is 1.86 bits per heavy atom. The third-order valence-electron chi connectivity index (χ3n) is 4.11. The highest BCUT2D eigenvalue weighted by atomic mass is 16.1. The first-order chi connectivity index (χ1) is 10.8. The van der Waals surface area contributed by atoms with Crippen molar-refractivity contribution in [2.75, 3.05) is 6.54 Å². The summed E-state index contributed by atoms with van der Waals surface area (Å²) in [7, 11) is 0. The number of nitrogens with one attached hydrogen (secondary N) is 2. The fourth-order valence-corrected chi connectivity index (χ4v) is 3.06. The Morgan fingerprint density at radius 3 is 2.73 bits per heavy atom. The molecule has 2 N–H and O–H groups in total. The quantitative estimate of drug-likeness (QED) is 0.662. The molecule has 3 nitrogen and oxygen atoms in total. The fraction of sp³-hybridized carbons (Fsp3) is 0.105. The lowest BCUT2D eigenvalue weighted by Crippen LogP contribution is -2.28. The molecule has 22 heavy (non-hydrogen) atoms. The molecule has 4 rings (SSSR count). The molecule has 3 aromatic rings. The summed E-state index contributed by atoms with van der Waals surface area (Å²) in [4.78, 5) is 15.9. The average molecular weight is 288 g/mol. The van der Waals surface area contributed by atoms with Crippen LogP contribution in [0.2, 0.25) is 0 Å². The first-order valence-corrected chi connectivity index (χ1v) is 7.47. The van der Waals surface area contributed by atoms with Crippen molar-refractivity contribution < 1.29 is 4.79 Å². The van der Waals surface area contributed by atoms with Crippen molar-refractivity contribution in [3.63, 3.8) is 0 Å². The molecule has 0 spiro atoms. The summed E-state index contributed by atoms with van der Waals surface area (Å²) in [6, 6.07) is 16.0. The van der Waals surface area contributed by atoms with E-state index in [1.54, 1.807) is 0 Å². The number of rotatable bonds is 1. The molecule has 0 fully saturated rings. The molecule has 2 heterocycles. The molecule has 0 aliphatic carbocycles. The van der Waals surface area contributed by atoms with Gasteiger partial charge in [0.05, 0.1) is 0 Å². The monoisotopic (exact) mass is 288 g/mol. The van der Waals surface area contributed by atoms with Crippen LogP contribution in [0.5, 0.6) is 0 Å². The highest BCUT2D eigenvalue weighted by Crippen LogP contribution is 2.31. The third kappa shape index (κ3) is 2.11. The van der Waals surface area contributed by atoms with Crippen LogP contribution in [0.15, 0.2) is 54.7 Å². The number of aromatic nitrogens is 1. The van der Waals surface area contributed by atoms with E-state index < -0.39 is 0 Å². The summed E-state index contributed by atoms with van der Waals surface area (Å²) in [5.41, 5.74) is 5.08. The van der Waals surface area contributed by atoms with E-state index >= 15 is 0 Å². The summed E-state index contributed by atoms with van der Waals surface area (Å²) in [5.74, 6) is -0.0109. The predicted octanol–water partition coefficient (Wildman–Crippen LogP) is 3.38. The van der Waals surface area contributed by atoms with Gasteiger partial charge in [-0.2, -0.15) is 0 Å². The van der Waals surface area contributed by atoms with Crippen LogP contribution in [0, 0.1) is 0 Å². The molecule has 1 aliphatic heterocycles. The van der Waals surface area contributed by atoms with Crippen molar-refractivity contribution in [2.24, 2.45) is 0 Å². The molecule has 1 aliphatic rings. The molecule has 108 valence electrons. The van der Waals surface area contributed by atoms with Gasteiger partial charge in [0.25, 0.3) is 5.91 Å². The lowest BCUT2D eigenvalue weighted by molar-refractivity contribution is -0.115. The minimum Gasteiger partial charge on any atom is -0.361 e. The van der Waals surface area contributed by atoms with Crippen LogP contribution in [-0.2, 0) is 11.2 Å². The van der Waals surface area contributed by atoms with E-state index in [4.69, 9.17) is 0 Å². The number of carbonyl (C=O) groups is 1. The molecule has 3 heteroatoms. The zero-order chi connectivity index (χ0) is 14.9. The van der Waals surface area contributed by atoms with Gasteiger partial charge in [0.1, 0.15) is 0 Å². The molecular weight excluding hydrogens is 272 g/mol. The zero-order valence-corrected chi connectivity index (χ0v) is 12.1. The van der Waals surface area contributed by atoms with Crippen LogP contribution >= 0.6 is 0 Å². The number of hydrogen-bond acceptors (Lipinski definition) is 1. The van der Waals surface area contributed by atoms with Gasteiger partial charge >= 0.3 is 0 Å². The van der Waals surface area contributed by atoms with E-state index in [2.05, 4.69) is 16.4 Å². The van der Waals surface area contributed by atoms with Crippen molar-refractivity contribution in [2.45, 2.75) is 6.42 Å². The number of benzene rings is 2. The van der Waals surface area contributed by atoms with E-state index in [-0.39, 0.29) is 5.91 Å². The maximum absolute atomic E-state index is 12.6. The maximum atomic E-state index is 12.6. The number of aromatic amines is 1. The highest BCUT2D eigenvalue weighted by molar-refractivity contribution is 6.27. The van der Waals surface area contributed by atoms with Crippen molar-refractivity contribution in [1.82, 2.24) is 10.3 Å². The van der Waals surface area contributed by atoms with Gasteiger partial charge in [0.15, 0.2) is 0 Å². The molecule has 1 amide bonds. The van der Waals surface area contributed by atoms with Crippen molar-refractivity contribution in [3.8, 4) is 0 Å². The van der Waals surface area contributed by atoms with Crippen molar-refractivity contribution in [3.05, 3.63) is 71.4 Å². The average Bonchev–Trinajstić information content (AvgIpc) is 2.96. The van der Waals surface area contributed by atoms with E-state index in [0.29, 0.717) is 6.54 Å². The molecular formula is C19H16N2O. The lowest BCUT2D eigenvalue weighted by Gasteiger charge is -2.15. The van der Waals surface area contributed by atoms with Gasteiger partial charge < -0.3 is 10.3 Å². The first kappa shape index (κ1) is 12.9. The number of H-pyrrole nitrogens is 1. The largest absolute Gasteiger partial charge is 0.361 e. The van der Waals surface area contributed by atoms with Gasteiger partial charge in [-0.1, -0.05) is 42.5 Å². The van der Waals surface area contributed by atoms with Crippen LogP contribution in [0.25, 0.3) is 22.6 Å². The summed E-state index contributed by atoms with van der Waals surface area (Å²) >= 11 is 0. The normalized spacial score (nSPS) is 16.4. The van der Waals surface area contributed by atoms with E-state index in [9.17, 15) is 4.79 Å². The van der Waals surface area contributed by atoms with Gasteiger partial charge in [-0.25, -0.2) is 0 Å². The Hall–Kier alpha value is -2.81. The Labute approximate surface area is 128 Å². The van der Waals surface area contributed by atoms with E-state index in [1.807, 2.05) is 54.7 Å². The third-order valence-corrected chi connectivity index (χ3v) is 4.11. The van der Waals surface area contributed by atoms with Crippen LogP contribution in [0.3, 0.4) is 0 Å². The Kier molecular flexibility index (Phi) is 3.04. The van der Waals surface area contributed by atoms with Gasteiger partial charge in [-0.15, -0.1) is 0 Å². The smallest absolute Gasteiger partial charge is 0.251 e. The predicted molar refractivity (Wildman–Crippen MR) is 89.3 cm³/mol. The summed E-state index contributed by atoms with van der Waals surface area (Å²) in [6.45, 7) is 0.659. The maximum Gasteiger partial charge on any atom is 0.251 e. The highest BCUT2D eigenvalue weighted by Gasteiger charge is 2.19. The van der Waals surface area contributed by atoms with Crippen LogP contribution in [-0.4, -0.2) is 17.4 Å². The first-order valence-electron chi connectivity index (χ1n) is 7.47. The topological polar surface area (TPSA) is 44.9 Å². The van der Waals surface area contributed by atoms with Crippen LogP contribution < -0.4 is 5.32 Å². The number of hydrogen-bond donors (Lipinski definition) is 2. The minimum atomic E-state index is -0.0109. The zero-order valence-electron chi connectivity index (χ0n) is 12.1. The molecule has 0 radical (unpaired) electrons. The Balaban J connectivity index is 1.98. The van der Waals surface area contributed by atoms with Crippen LogP contribution in [0.4, 0.5) is 0 Å². The van der Waals surface area contributed by atoms with E-state index in [0.717, 1.165) is 28.6 Å². The fourth-order valence-electron chi connectivity index (χ4n) is 3.06. The van der Waals surface area contributed by atoms with Gasteiger partial charge in [-0.3, -0.25) is 4.79 Å². The second-order valence-electron chi connectivity index (χ2n) is 5.52. The standard InChI is InChI=1S/C19H16N2O/c22-19-16(11-13-5-2-1-3-6-13)15-7-4-8-17-18(15)14(12-21-17)9-10-20-19/h1-8,11-12,21H,9-10H2,(H,20,22)/b16-11-. The van der Waals surface area contributed by atoms with Gasteiger partial charge in [0, 0.05) is 29.2 Å². The summed E-state index contributed by atoms with van der Waals surface area (Å²) in [5, 5.41) is 4.17. The Bertz CT molecular complexity index is 875. The number of carbonyl (C=O) groups excluding carboxylic acids is 1. The van der Waals surface area contributed by atoms with Crippen molar-refractivity contribution in [1.29, 1.82) is 0 Å².